The average Bonchev–Trinajstić information content (AvgIpc) is 2.53. The Balaban J connectivity index is 1.75. The Kier molecular flexibility index (Phi) is 6.36. The summed E-state index contributed by atoms with van der Waals surface area (Å²) in [5.74, 6) is -0.611. The number of H-pyrrole nitrogens is 1. The molecule has 0 saturated carbocycles. The first-order chi connectivity index (χ1) is 11.0. The summed E-state index contributed by atoms with van der Waals surface area (Å²) in [5, 5.41) is 5.53. The topological polar surface area (TPSA) is 104 Å². The lowest BCUT2D eigenvalue weighted by Gasteiger charge is -2.08. The van der Waals surface area contributed by atoms with Crippen molar-refractivity contribution in [3.05, 3.63) is 51.4 Å². The molecule has 0 radical (unpaired) electrons. The second kappa shape index (κ2) is 8.49. The lowest BCUT2D eigenvalue weighted by molar-refractivity contribution is -0.122. The molecular formula is C14H13BrN4O3S. The first kappa shape index (κ1) is 17.2. The largest absolute Gasteiger partial charge is 0.346 e. The molecule has 0 aliphatic rings. The average molecular weight is 397 g/mol. The predicted molar refractivity (Wildman–Crippen MR) is 91.4 cm³/mol. The number of nitrogens with one attached hydrogen (secondary N) is 3. The molecule has 120 valence electrons. The van der Waals surface area contributed by atoms with Gasteiger partial charge in [-0.15, -0.1) is 0 Å². The Morgan fingerprint density at radius 3 is 2.74 bits per heavy atom. The van der Waals surface area contributed by atoms with E-state index < -0.39 is 0 Å². The predicted octanol–water partition coefficient (Wildman–Crippen LogP) is 1.38. The second-order valence-electron chi connectivity index (χ2n) is 4.33. The Morgan fingerprint density at radius 2 is 2.00 bits per heavy atom. The van der Waals surface area contributed by atoms with E-state index in [0.29, 0.717) is 10.8 Å². The van der Waals surface area contributed by atoms with Crippen LogP contribution in [0.15, 0.2) is 51.0 Å². The number of amides is 2. The molecular weight excluding hydrogens is 384 g/mol. The van der Waals surface area contributed by atoms with Crippen LogP contribution in [0.3, 0.4) is 0 Å². The molecule has 7 nitrogen and oxygen atoms in total. The van der Waals surface area contributed by atoms with E-state index >= 15 is 0 Å². The van der Waals surface area contributed by atoms with Gasteiger partial charge in [0, 0.05) is 16.7 Å². The van der Waals surface area contributed by atoms with Crippen molar-refractivity contribution in [1.82, 2.24) is 15.3 Å². The van der Waals surface area contributed by atoms with E-state index in [1.165, 1.54) is 12.3 Å². The van der Waals surface area contributed by atoms with Gasteiger partial charge in [0.25, 0.3) is 5.56 Å². The number of carbonyl (C=O) groups excluding carboxylic acids is 2. The molecule has 0 fully saturated rings. The van der Waals surface area contributed by atoms with E-state index in [2.05, 4.69) is 36.5 Å². The summed E-state index contributed by atoms with van der Waals surface area (Å²) in [4.78, 5) is 41.0. The van der Waals surface area contributed by atoms with Gasteiger partial charge in [0.2, 0.25) is 11.8 Å². The fourth-order valence-corrected chi connectivity index (χ4v) is 2.61. The SMILES string of the molecule is O=C(CSc1nccc(=O)[nH]1)NCC(=O)Nc1ccccc1Br. The van der Waals surface area contributed by atoms with Gasteiger partial charge in [-0.2, -0.15) is 0 Å². The van der Waals surface area contributed by atoms with Crippen molar-refractivity contribution in [3.8, 4) is 0 Å². The standard InChI is InChI=1S/C14H13BrN4O3S/c15-9-3-1-2-4-10(9)18-12(21)7-17-13(22)8-23-14-16-6-5-11(20)19-14/h1-6H,7-8H2,(H,17,22)(H,18,21)(H,16,19,20). The second-order valence-corrected chi connectivity index (χ2v) is 6.15. The van der Waals surface area contributed by atoms with Crippen LogP contribution in [-0.4, -0.2) is 34.1 Å². The zero-order valence-corrected chi connectivity index (χ0v) is 14.2. The van der Waals surface area contributed by atoms with Crippen molar-refractivity contribution in [2.45, 2.75) is 5.16 Å². The van der Waals surface area contributed by atoms with Crippen LogP contribution in [0, 0.1) is 0 Å². The van der Waals surface area contributed by atoms with E-state index in [1.807, 2.05) is 6.07 Å². The van der Waals surface area contributed by atoms with E-state index in [4.69, 9.17) is 0 Å². The number of hydrogen-bond acceptors (Lipinski definition) is 5. The fourth-order valence-electron chi connectivity index (χ4n) is 1.55. The van der Waals surface area contributed by atoms with Gasteiger partial charge < -0.3 is 15.6 Å². The Bertz CT molecular complexity index is 765. The molecule has 0 spiro atoms. The van der Waals surface area contributed by atoms with Gasteiger partial charge in [0.15, 0.2) is 5.16 Å². The third-order valence-electron chi connectivity index (χ3n) is 2.58. The summed E-state index contributed by atoms with van der Waals surface area (Å²) in [6.07, 6.45) is 1.37. The van der Waals surface area contributed by atoms with E-state index in [0.717, 1.165) is 16.2 Å². The smallest absolute Gasteiger partial charge is 0.251 e. The van der Waals surface area contributed by atoms with Crippen LogP contribution in [0.5, 0.6) is 0 Å². The number of thioether (sulfide) groups is 1. The highest BCUT2D eigenvalue weighted by Gasteiger charge is 2.08. The number of rotatable bonds is 6. The molecule has 23 heavy (non-hydrogen) atoms. The van der Waals surface area contributed by atoms with Gasteiger partial charge in [-0.1, -0.05) is 23.9 Å². The number of anilines is 1. The molecule has 0 aliphatic heterocycles. The summed E-state index contributed by atoms with van der Waals surface area (Å²) in [7, 11) is 0. The summed E-state index contributed by atoms with van der Waals surface area (Å²) in [5.41, 5.74) is 0.350. The number of aromatic amines is 1. The number of halogens is 1. The van der Waals surface area contributed by atoms with E-state index in [9.17, 15) is 14.4 Å². The van der Waals surface area contributed by atoms with Crippen molar-refractivity contribution in [1.29, 1.82) is 0 Å². The van der Waals surface area contributed by atoms with Crippen LogP contribution in [-0.2, 0) is 9.59 Å². The monoisotopic (exact) mass is 396 g/mol. The van der Waals surface area contributed by atoms with Crippen LogP contribution >= 0.6 is 27.7 Å². The first-order valence-electron chi connectivity index (χ1n) is 6.54. The first-order valence-corrected chi connectivity index (χ1v) is 8.31. The molecule has 1 aromatic carbocycles. The maximum Gasteiger partial charge on any atom is 0.251 e. The maximum absolute atomic E-state index is 11.8. The number of nitrogens with zero attached hydrogens (tertiary/aromatic N) is 1. The van der Waals surface area contributed by atoms with Crippen LogP contribution in [0.25, 0.3) is 0 Å². The van der Waals surface area contributed by atoms with Crippen LogP contribution < -0.4 is 16.2 Å². The number of para-hydroxylation sites is 1. The molecule has 0 aliphatic carbocycles. The van der Waals surface area contributed by atoms with Gasteiger partial charge in [-0.25, -0.2) is 4.98 Å². The summed E-state index contributed by atoms with van der Waals surface area (Å²) >= 11 is 4.40. The van der Waals surface area contributed by atoms with Gasteiger partial charge >= 0.3 is 0 Å². The summed E-state index contributed by atoms with van der Waals surface area (Å²) in [6.45, 7) is -0.139. The molecule has 3 N–H and O–H groups in total. The highest BCUT2D eigenvalue weighted by atomic mass is 79.9. The molecule has 0 unspecified atom stereocenters. The minimum Gasteiger partial charge on any atom is -0.346 e. The van der Waals surface area contributed by atoms with Crippen LogP contribution in [0.2, 0.25) is 0 Å². The van der Waals surface area contributed by atoms with Crippen molar-refractivity contribution < 1.29 is 9.59 Å². The summed E-state index contributed by atoms with van der Waals surface area (Å²) in [6, 6.07) is 8.47. The molecule has 1 heterocycles. The normalized spacial score (nSPS) is 10.1. The third-order valence-corrected chi connectivity index (χ3v) is 4.16. The third kappa shape index (κ3) is 5.87. The molecule has 9 heteroatoms. The lowest BCUT2D eigenvalue weighted by atomic mass is 10.3. The fraction of sp³-hybridized carbons (Fsp3) is 0.143. The summed E-state index contributed by atoms with van der Waals surface area (Å²) < 4.78 is 0.759. The van der Waals surface area contributed by atoms with Gasteiger partial charge in [-0.05, 0) is 28.1 Å². The number of carbonyl (C=O) groups is 2. The number of benzene rings is 1. The molecule has 1 aromatic heterocycles. The van der Waals surface area contributed by atoms with Crippen molar-refractivity contribution in [2.75, 3.05) is 17.6 Å². The molecule has 0 saturated heterocycles. The Labute approximate surface area is 144 Å². The van der Waals surface area contributed by atoms with E-state index in [-0.39, 0.29) is 29.7 Å². The lowest BCUT2D eigenvalue weighted by Crippen LogP contribution is -2.34. The molecule has 2 amide bonds. The molecule has 2 aromatic rings. The molecule has 0 bridgehead atoms. The zero-order chi connectivity index (χ0) is 16.7. The van der Waals surface area contributed by atoms with Crippen molar-refractivity contribution in [2.24, 2.45) is 0 Å². The van der Waals surface area contributed by atoms with E-state index in [1.54, 1.807) is 18.2 Å². The van der Waals surface area contributed by atoms with Crippen LogP contribution in [0.1, 0.15) is 0 Å². The minimum atomic E-state index is -0.332. The Morgan fingerprint density at radius 1 is 1.22 bits per heavy atom. The van der Waals surface area contributed by atoms with Crippen molar-refractivity contribution in [3.63, 3.8) is 0 Å². The molecule has 2 rings (SSSR count). The maximum atomic E-state index is 11.8. The van der Waals surface area contributed by atoms with Gasteiger partial charge in [0.05, 0.1) is 18.0 Å². The van der Waals surface area contributed by atoms with Gasteiger partial charge in [-0.3, -0.25) is 14.4 Å². The number of hydrogen-bond donors (Lipinski definition) is 3. The minimum absolute atomic E-state index is 0.0509. The quantitative estimate of drug-likeness (QED) is 0.505. The zero-order valence-electron chi connectivity index (χ0n) is 11.8. The highest BCUT2D eigenvalue weighted by molar-refractivity contribution is 9.10. The highest BCUT2D eigenvalue weighted by Crippen LogP contribution is 2.20. The van der Waals surface area contributed by atoms with Gasteiger partial charge in [0.1, 0.15) is 0 Å². The van der Waals surface area contributed by atoms with Crippen molar-refractivity contribution >= 4 is 45.2 Å². The molecule has 0 atom stereocenters. The van der Waals surface area contributed by atoms with Crippen LogP contribution in [0.4, 0.5) is 5.69 Å². The number of aromatic nitrogens is 2. The Hall–Kier alpha value is -2.13.